The summed E-state index contributed by atoms with van der Waals surface area (Å²) in [6.07, 6.45) is 1.88. The quantitative estimate of drug-likeness (QED) is 0.608. The zero-order chi connectivity index (χ0) is 21.1. The summed E-state index contributed by atoms with van der Waals surface area (Å²) in [6, 6.07) is 27.6. The molecule has 0 saturated carbocycles. The molecule has 0 radical (unpaired) electrons. The van der Waals surface area contributed by atoms with E-state index in [2.05, 4.69) is 67.7 Å². The van der Waals surface area contributed by atoms with E-state index in [-0.39, 0.29) is 29.7 Å². The Morgan fingerprint density at radius 1 is 0.833 bits per heavy atom. The van der Waals surface area contributed by atoms with Gasteiger partial charge in [0.25, 0.3) is 0 Å². The van der Waals surface area contributed by atoms with Gasteiger partial charge in [-0.15, -0.1) is 0 Å². The topological polar surface area (TPSA) is 36.8 Å². The number of rotatable bonds is 5. The maximum atomic E-state index is 13.7. The third kappa shape index (κ3) is 3.68. The Bertz CT molecular complexity index is 944. The summed E-state index contributed by atoms with van der Waals surface area (Å²) in [5.74, 6) is -0.296. The molecule has 3 aromatic carbocycles. The van der Waals surface area contributed by atoms with E-state index in [9.17, 15) is 9.50 Å². The van der Waals surface area contributed by atoms with Gasteiger partial charge >= 0.3 is 0 Å². The first-order valence-electron chi connectivity index (χ1n) is 11.0. The summed E-state index contributed by atoms with van der Waals surface area (Å²) >= 11 is 0. The van der Waals surface area contributed by atoms with Crippen molar-refractivity contribution in [3.63, 3.8) is 0 Å². The second-order valence-corrected chi connectivity index (χ2v) is 8.58. The van der Waals surface area contributed by atoms with Crippen molar-refractivity contribution >= 4 is 0 Å². The van der Waals surface area contributed by atoms with Gasteiger partial charge in [0, 0.05) is 23.0 Å². The molecule has 1 heterocycles. The van der Waals surface area contributed by atoms with Crippen molar-refractivity contribution in [2.45, 2.75) is 44.4 Å². The molecule has 1 aliphatic heterocycles. The van der Waals surface area contributed by atoms with Crippen LogP contribution in [0.3, 0.4) is 0 Å². The standard InChI is InChI=1S/C27H30FNO/c1-3-10-24-26(21-13-8-5-9-14-21)29-25(20-11-6-4-7-12-20)19(2)27(24,30)22-15-17-23(28)18-16-22/h4-9,11-19,24-26,29-30H,3,10H2,1-2H3/p+1/t19-,24+,25-,26-,27-/m0/s1. The number of nitrogens with two attached hydrogens (primary N) is 1. The average Bonchev–Trinajstić information content (AvgIpc) is 2.79. The van der Waals surface area contributed by atoms with Crippen LogP contribution in [0.2, 0.25) is 0 Å². The van der Waals surface area contributed by atoms with Crippen LogP contribution in [-0.4, -0.2) is 5.11 Å². The predicted octanol–water partition coefficient (Wildman–Crippen LogP) is 5.13. The minimum Gasteiger partial charge on any atom is -0.384 e. The van der Waals surface area contributed by atoms with Gasteiger partial charge < -0.3 is 10.4 Å². The third-order valence-electron chi connectivity index (χ3n) is 6.92. The van der Waals surface area contributed by atoms with E-state index in [1.165, 1.54) is 23.3 Å². The summed E-state index contributed by atoms with van der Waals surface area (Å²) in [4.78, 5) is 0. The molecule has 3 heteroatoms. The lowest BCUT2D eigenvalue weighted by atomic mass is 9.61. The van der Waals surface area contributed by atoms with Gasteiger partial charge in [0.2, 0.25) is 0 Å². The molecule has 0 aromatic heterocycles. The molecule has 0 unspecified atom stereocenters. The van der Waals surface area contributed by atoms with Crippen molar-refractivity contribution < 1.29 is 14.8 Å². The lowest BCUT2D eigenvalue weighted by molar-refractivity contribution is -0.766. The summed E-state index contributed by atoms with van der Waals surface area (Å²) in [7, 11) is 0. The highest BCUT2D eigenvalue weighted by Crippen LogP contribution is 2.50. The Balaban J connectivity index is 1.88. The van der Waals surface area contributed by atoms with Crippen molar-refractivity contribution in [2.24, 2.45) is 11.8 Å². The summed E-state index contributed by atoms with van der Waals surface area (Å²) in [5.41, 5.74) is 2.19. The lowest BCUT2D eigenvalue weighted by Gasteiger charge is -2.51. The zero-order valence-corrected chi connectivity index (χ0v) is 17.7. The third-order valence-corrected chi connectivity index (χ3v) is 6.92. The first-order chi connectivity index (χ1) is 14.6. The van der Waals surface area contributed by atoms with E-state index in [1.54, 1.807) is 12.1 Å². The molecule has 3 N–H and O–H groups in total. The molecule has 0 aliphatic carbocycles. The smallest absolute Gasteiger partial charge is 0.123 e. The van der Waals surface area contributed by atoms with Crippen LogP contribution >= 0.6 is 0 Å². The van der Waals surface area contributed by atoms with E-state index < -0.39 is 5.60 Å². The number of halogens is 1. The van der Waals surface area contributed by atoms with Gasteiger partial charge in [0.1, 0.15) is 23.5 Å². The lowest BCUT2D eigenvalue weighted by Crippen LogP contribution is -2.93. The number of hydrogen-bond donors (Lipinski definition) is 2. The second kappa shape index (κ2) is 8.71. The van der Waals surface area contributed by atoms with Crippen LogP contribution in [0.4, 0.5) is 4.39 Å². The first-order valence-corrected chi connectivity index (χ1v) is 11.0. The molecule has 5 atom stereocenters. The Kier molecular flexibility index (Phi) is 6.03. The van der Waals surface area contributed by atoms with E-state index in [1.807, 2.05) is 12.1 Å². The maximum Gasteiger partial charge on any atom is 0.123 e. The molecule has 1 aliphatic rings. The SMILES string of the molecule is CCC[C@@H]1[C@H](c2ccccc2)[NH2+][C@H](c2ccccc2)[C@H](C)[C@]1(O)c1ccc(F)cc1. The van der Waals surface area contributed by atoms with Crippen LogP contribution in [0.5, 0.6) is 0 Å². The average molecular weight is 405 g/mol. The molecule has 0 bridgehead atoms. The minimum absolute atomic E-state index is 0.0188. The van der Waals surface area contributed by atoms with Gasteiger partial charge in [-0.2, -0.15) is 0 Å². The van der Waals surface area contributed by atoms with E-state index in [0.717, 1.165) is 18.4 Å². The van der Waals surface area contributed by atoms with Gasteiger partial charge in [-0.1, -0.05) is 93.1 Å². The van der Waals surface area contributed by atoms with Gasteiger partial charge in [0.15, 0.2) is 0 Å². The molecule has 1 saturated heterocycles. The van der Waals surface area contributed by atoms with Crippen molar-refractivity contribution in [3.8, 4) is 0 Å². The van der Waals surface area contributed by atoms with Crippen LogP contribution in [0.1, 0.15) is 55.5 Å². The predicted molar refractivity (Wildman–Crippen MR) is 118 cm³/mol. The van der Waals surface area contributed by atoms with Crippen LogP contribution in [-0.2, 0) is 5.60 Å². The first kappa shape index (κ1) is 20.8. The minimum atomic E-state index is -1.06. The molecular weight excluding hydrogens is 373 g/mol. The fourth-order valence-electron chi connectivity index (χ4n) is 5.41. The molecule has 0 spiro atoms. The Morgan fingerprint density at radius 3 is 1.90 bits per heavy atom. The number of aliphatic hydroxyl groups is 1. The van der Waals surface area contributed by atoms with Crippen LogP contribution in [0.25, 0.3) is 0 Å². The molecule has 4 rings (SSSR count). The highest BCUT2D eigenvalue weighted by atomic mass is 19.1. The highest BCUT2D eigenvalue weighted by molar-refractivity contribution is 5.31. The van der Waals surface area contributed by atoms with Crippen molar-refractivity contribution in [3.05, 3.63) is 107 Å². The number of quaternary nitrogens is 1. The Hall–Kier alpha value is -2.49. The fourth-order valence-corrected chi connectivity index (χ4v) is 5.41. The van der Waals surface area contributed by atoms with Crippen LogP contribution in [0, 0.1) is 17.7 Å². The molecule has 0 amide bonds. The number of hydrogen-bond acceptors (Lipinski definition) is 1. The molecule has 156 valence electrons. The van der Waals surface area contributed by atoms with Crippen molar-refractivity contribution in [1.82, 2.24) is 0 Å². The highest BCUT2D eigenvalue weighted by Gasteiger charge is 2.56. The maximum absolute atomic E-state index is 13.7. The van der Waals surface area contributed by atoms with Gasteiger partial charge in [-0.05, 0) is 24.1 Å². The molecule has 2 nitrogen and oxygen atoms in total. The van der Waals surface area contributed by atoms with E-state index >= 15 is 0 Å². The summed E-state index contributed by atoms with van der Waals surface area (Å²) in [5, 5.41) is 14.9. The Labute approximate surface area is 178 Å². The molecule has 1 fully saturated rings. The van der Waals surface area contributed by atoms with Crippen molar-refractivity contribution in [2.75, 3.05) is 0 Å². The van der Waals surface area contributed by atoms with Gasteiger partial charge in [-0.3, -0.25) is 0 Å². The van der Waals surface area contributed by atoms with Crippen molar-refractivity contribution in [1.29, 1.82) is 0 Å². The summed E-state index contributed by atoms with van der Waals surface area (Å²) in [6.45, 7) is 4.31. The second-order valence-electron chi connectivity index (χ2n) is 8.58. The normalized spacial score (nSPS) is 28.9. The number of benzene rings is 3. The van der Waals surface area contributed by atoms with E-state index in [4.69, 9.17) is 0 Å². The van der Waals surface area contributed by atoms with Crippen LogP contribution < -0.4 is 5.32 Å². The van der Waals surface area contributed by atoms with E-state index in [0.29, 0.717) is 0 Å². The molecule has 30 heavy (non-hydrogen) atoms. The van der Waals surface area contributed by atoms with Crippen LogP contribution in [0.15, 0.2) is 84.9 Å². The van der Waals surface area contributed by atoms with Gasteiger partial charge in [-0.25, -0.2) is 4.39 Å². The zero-order valence-electron chi connectivity index (χ0n) is 17.7. The van der Waals surface area contributed by atoms with Gasteiger partial charge in [0.05, 0.1) is 0 Å². The monoisotopic (exact) mass is 404 g/mol. The Morgan fingerprint density at radius 2 is 1.37 bits per heavy atom. The molecule has 3 aromatic rings. The summed E-state index contributed by atoms with van der Waals surface area (Å²) < 4.78 is 13.7. The largest absolute Gasteiger partial charge is 0.384 e. The number of piperidine rings is 1. The fraction of sp³-hybridized carbons (Fsp3) is 0.333. The molecular formula is C27H31FNO+.